The van der Waals surface area contributed by atoms with E-state index in [9.17, 15) is 4.79 Å². The Kier molecular flexibility index (Phi) is 3.97. The van der Waals surface area contributed by atoms with Crippen molar-refractivity contribution >= 4 is 44.5 Å². The number of hydrogen-bond acceptors (Lipinski definition) is 2. The molecular formula is C8H15N3OP4. The van der Waals surface area contributed by atoms with Crippen molar-refractivity contribution in [2.45, 2.75) is 6.42 Å². The SMILES string of the molecule is CN1CCc2c(c(P(P)PP)nn2C)C1=O. The average Bonchev–Trinajstić information content (AvgIpc) is 2.61. The van der Waals surface area contributed by atoms with Gasteiger partial charge in [-0.1, -0.05) is 7.96 Å². The first kappa shape index (κ1) is 12.8. The fourth-order valence-electron chi connectivity index (χ4n) is 1.84. The minimum atomic E-state index is -0.385. The topological polar surface area (TPSA) is 38.1 Å². The molecule has 0 spiro atoms. The van der Waals surface area contributed by atoms with Gasteiger partial charge in [0, 0.05) is 27.1 Å². The number of likely N-dealkylation sites (N-methyl/N-ethyl adjacent to an activating group) is 1. The van der Waals surface area contributed by atoms with Gasteiger partial charge in [0.1, 0.15) is 5.44 Å². The molecule has 1 amide bonds. The van der Waals surface area contributed by atoms with Gasteiger partial charge in [0.2, 0.25) is 0 Å². The molecule has 1 aliphatic heterocycles. The van der Waals surface area contributed by atoms with Crippen molar-refractivity contribution in [3.8, 4) is 0 Å². The van der Waals surface area contributed by atoms with Crippen LogP contribution in [0.3, 0.4) is 0 Å². The molecule has 4 unspecified atom stereocenters. The van der Waals surface area contributed by atoms with Crippen molar-refractivity contribution in [2.24, 2.45) is 7.05 Å². The van der Waals surface area contributed by atoms with Crippen LogP contribution in [-0.2, 0) is 13.5 Å². The third-order valence-electron chi connectivity index (χ3n) is 2.76. The molecule has 0 bridgehead atoms. The van der Waals surface area contributed by atoms with Gasteiger partial charge in [0.25, 0.3) is 5.91 Å². The van der Waals surface area contributed by atoms with E-state index in [4.69, 9.17) is 0 Å². The quantitative estimate of drug-likeness (QED) is 0.772. The second kappa shape index (κ2) is 4.95. The molecule has 0 saturated carbocycles. The van der Waals surface area contributed by atoms with Crippen LogP contribution in [0.25, 0.3) is 0 Å². The number of aromatic nitrogens is 2. The second-order valence-corrected chi connectivity index (χ2v) is 12.8. The van der Waals surface area contributed by atoms with E-state index in [0.717, 1.165) is 37.6 Å². The third kappa shape index (κ3) is 2.06. The van der Waals surface area contributed by atoms with E-state index in [1.165, 1.54) is 0 Å². The Balaban J connectivity index is 2.53. The van der Waals surface area contributed by atoms with Crippen LogP contribution in [0.5, 0.6) is 0 Å². The molecule has 0 saturated heterocycles. The van der Waals surface area contributed by atoms with Crippen LogP contribution in [0, 0.1) is 0 Å². The van der Waals surface area contributed by atoms with Crippen molar-refractivity contribution in [2.75, 3.05) is 13.6 Å². The summed E-state index contributed by atoms with van der Waals surface area (Å²) >= 11 is 0. The molecule has 0 radical (unpaired) electrons. The fraction of sp³-hybridized carbons (Fsp3) is 0.500. The smallest absolute Gasteiger partial charge is 0.257 e. The predicted octanol–water partition coefficient (Wildman–Crippen LogP) is 1.33. The summed E-state index contributed by atoms with van der Waals surface area (Å²) in [4.78, 5) is 13.9. The maximum Gasteiger partial charge on any atom is 0.257 e. The largest absolute Gasteiger partial charge is 0.341 e. The van der Waals surface area contributed by atoms with E-state index in [1.807, 2.05) is 18.8 Å². The fourth-order valence-corrected chi connectivity index (χ4v) is 5.14. The molecule has 1 aromatic heterocycles. The first-order valence-corrected chi connectivity index (χ1v) is 11.5. The van der Waals surface area contributed by atoms with Crippen molar-refractivity contribution in [1.82, 2.24) is 14.7 Å². The van der Waals surface area contributed by atoms with E-state index >= 15 is 0 Å². The van der Waals surface area contributed by atoms with Crippen LogP contribution >= 0.6 is 33.1 Å². The maximum atomic E-state index is 12.1. The van der Waals surface area contributed by atoms with Crippen molar-refractivity contribution in [3.05, 3.63) is 11.3 Å². The van der Waals surface area contributed by atoms with Gasteiger partial charge in [0.15, 0.2) is 0 Å². The van der Waals surface area contributed by atoms with Gasteiger partial charge >= 0.3 is 0 Å². The Morgan fingerprint density at radius 2 is 2.19 bits per heavy atom. The molecule has 0 aromatic carbocycles. The Hall–Kier alpha value is 0.400. The number of hydrogen-bond donors (Lipinski definition) is 0. The summed E-state index contributed by atoms with van der Waals surface area (Å²) in [6.45, 7) is 0.794. The highest BCUT2D eigenvalue weighted by Crippen LogP contribution is 2.65. The highest BCUT2D eigenvalue weighted by Gasteiger charge is 2.30. The van der Waals surface area contributed by atoms with Crippen molar-refractivity contribution < 1.29 is 4.79 Å². The molecule has 88 valence electrons. The zero-order valence-corrected chi connectivity index (χ0v) is 13.5. The molecule has 1 aromatic rings. The van der Waals surface area contributed by atoms with E-state index in [2.05, 4.69) is 23.0 Å². The molecule has 8 heteroatoms. The molecule has 16 heavy (non-hydrogen) atoms. The highest BCUT2D eigenvalue weighted by molar-refractivity contribution is 8.63. The Bertz CT molecular complexity index is 433. The highest BCUT2D eigenvalue weighted by atomic mass is 32.6. The molecule has 2 rings (SSSR count). The molecule has 2 heterocycles. The summed E-state index contributed by atoms with van der Waals surface area (Å²) in [5.74, 6) is 0.127. The third-order valence-corrected chi connectivity index (χ3v) is 12.5. The summed E-state index contributed by atoms with van der Waals surface area (Å²) in [6.07, 6.45) is 0.912. The molecule has 4 atom stereocenters. The summed E-state index contributed by atoms with van der Waals surface area (Å²) in [5, 5.41) is 4.52. The number of rotatable bonds is 2. The standard InChI is InChI=1S/C8H15N3OP4/c1-10-4-3-5-6(8(10)12)7(9-11(5)2)16(14)15-13/h15H,3-4,13-14H2,1-2H3. The molecule has 0 aliphatic carbocycles. The number of aryl methyl sites for hydroxylation is 1. The zero-order valence-electron chi connectivity index (χ0n) is 9.27. The number of carbonyl (C=O) groups excluding carboxylic acids is 1. The van der Waals surface area contributed by atoms with E-state index in [-0.39, 0.29) is 13.2 Å². The van der Waals surface area contributed by atoms with Gasteiger partial charge < -0.3 is 4.90 Å². The number of amides is 1. The van der Waals surface area contributed by atoms with Gasteiger partial charge in [-0.2, -0.15) is 5.10 Å². The zero-order chi connectivity index (χ0) is 11.9. The van der Waals surface area contributed by atoms with Crippen molar-refractivity contribution in [3.63, 3.8) is 0 Å². The van der Waals surface area contributed by atoms with Crippen LogP contribution < -0.4 is 5.44 Å². The Morgan fingerprint density at radius 1 is 1.50 bits per heavy atom. The first-order chi connectivity index (χ1) is 7.56. The number of carbonyl (C=O) groups is 1. The minimum Gasteiger partial charge on any atom is -0.341 e. The predicted molar refractivity (Wildman–Crippen MR) is 78.2 cm³/mol. The lowest BCUT2D eigenvalue weighted by Gasteiger charge is -2.23. The van der Waals surface area contributed by atoms with Crippen LogP contribution in [-0.4, -0.2) is 34.2 Å². The van der Waals surface area contributed by atoms with Crippen molar-refractivity contribution in [1.29, 1.82) is 0 Å². The molecule has 4 nitrogen and oxygen atoms in total. The molecule has 1 aliphatic rings. The Labute approximate surface area is 103 Å². The van der Waals surface area contributed by atoms with Gasteiger partial charge in [-0.25, -0.2) is 0 Å². The van der Waals surface area contributed by atoms with Crippen LogP contribution in [0.1, 0.15) is 16.1 Å². The van der Waals surface area contributed by atoms with Gasteiger partial charge in [-0.15, -0.1) is 17.9 Å². The second-order valence-electron chi connectivity index (χ2n) is 3.74. The van der Waals surface area contributed by atoms with E-state index in [0.29, 0.717) is 0 Å². The number of fused-ring (bicyclic) bond motifs is 1. The lowest BCUT2D eigenvalue weighted by molar-refractivity contribution is 0.0781. The molecule has 0 N–H and O–H groups in total. The first-order valence-electron chi connectivity index (χ1n) is 4.88. The van der Waals surface area contributed by atoms with E-state index < -0.39 is 0 Å². The average molecular weight is 293 g/mol. The molecular weight excluding hydrogens is 278 g/mol. The minimum absolute atomic E-state index is 0.127. The monoisotopic (exact) mass is 293 g/mol. The maximum absolute atomic E-state index is 12.1. The van der Waals surface area contributed by atoms with E-state index in [1.54, 1.807) is 4.90 Å². The summed E-state index contributed by atoms with van der Waals surface area (Å²) in [7, 11) is 9.71. The summed E-state index contributed by atoms with van der Waals surface area (Å²) in [5.41, 5.74) is 2.94. The van der Waals surface area contributed by atoms with Crippen LogP contribution in [0.4, 0.5) is 0 Å². The molecule has 0 fully saturated rings. The number of nitrogens with zero attached hydrogens (tertiary/aromatic N) is 3. The normalized spacial score (nSPS) is 18.2. The van der Waals surface area contributed by atoms with Gasteiger partial charge in [-0.05, 0) is 7.30 Å². The van der Waals surface area contributed by atoms with Crippen LogP contribution in [0.2, 0.25) is 0 Å². The lowest BCUT2D eigenvalue weighted by Crippen LogP contribution is -2.36. The van der Waals surface area contributed by atoms with Crippen LogP contribution in [0.15, 0.2) is 0 Å². The summed E-state index contributed by atoms with van der Waals surface area (Å²) < 4.78 is 1.87. The van der Waals surface area contributed by atoms with Gasteiger partial charge in [0.05, 0.1) is 11.3 Å². The Morgan fingerprint density at radius 3 is 2.81 bits per heavy atom. The lowest BCUT2D eigenvalue weighted by atomic mass is 10.1. The summed E-state index contributed by atoms with van der Waals surface area (Å²) in [6, 6.07) is 0. The van der Waals surface area contributed by atoms with Gasteiger partial charge in [-0.3, -0.25) is 9.48 Å².